The number of nitrogens with one attached hydrogen (secondary N) is 1. The van der Waals surface area contributed by atoms with E-state index in [2.05, 4.69) is 15.4 Å². The van der Waals surface area contributed by atoms with Gasteiger partial charge >= 0.3 is 0 Å². The minimum absolute atomic E-state index is 0.0967. The van der Waals surface area contributed by atoms with Crippen LogP contribution in [0.1, 0.15) is 29.0 Å². The van der Waals surface area contributed by atoms with Crippen molar-refractivity contribution in [3.8, 4) is 11.3 Å². The number of amides is 2. The van der Waals surface area contributed by atoms with Crippen molar-refractivity contribution >= 4 is 34.2 Å². The highest BCUT2D eigenvalue weighted by molar-refractivity contribution is 6.13. The molecule has 2 amide bonds. The summed E-state index contributed by atoms with van der Waals surface area (Å²) in [6.45, 7) is 1.07. The van der Waals surface area contributed by atoms with Crippen LogP contribution in [0.3, 0.4) is 0 Å². The van der Waals surface area contributed by atoms with Crippen LogP contribution in [0.15, 0.2) is 83.9 Å². The fraction of sp³-hybridized carbons (Fsp3) is 0.148. The molecule has 0 atom stereocenters. The van der Waals surface area contributed by atoms with Crippen molar-refractivity contribution < 1.29 is 14.0 Å². The van der Waals surface area contributed by atoms with Gasteiger partial charge in [0.15, 0.2) is 5.65 Å². The molecule has 0 spiro atoms. The molecule has 1 saturated heterocycles. The molecule has 1 fully saturated rings. The first-order chi connectivity index (χ1) is 17.7. The Morgan fingerprint density at radius 2 is 2.03 bits per heavy atom. The van der Waals surface area contributed by atoms with E-state index in [9.17, 15) is 9.59 Å². The number of furan rings is 1. The van der Waals surface area contributed by atoms with Crippen molar-refractivity contribution in [2.24, 2.45) is 0 Å². The SMILES string of the molecule is O=C(Nc1cccc(N2CCCC2=O)c1)c1cc(-c2cccnc2)nc2c1cnn2Cc1ccco1. The molecule has 36 heavy (non-hydrogen) atoms. The predicted molar refractivity (Wildman–Crippen MR) is 135 cm³/mol. The minimum Gasteiger partial charge on any atom is -0.467 e. The summed E-state index contributed by atoms with van der Waals surface area (Å²) in [5.74, 6) is 0.530. The maximum absolute atomic E-state index is 13.5. The second kappa shape index (κ2) is 9.10. The van der Waals surface area contributed by atoms with Crippen molar-refractivity contribution in [3.63, 3.8) is 0 Å². The molecule has 1 aliphatic heterocycles. The monoisotopic (exact) mass is 478 g/mol. The zero-order valence-corrected chi connectivity index (χ0v) is 19.3. The molecular formula is C27H22N6O3. The van der Waals surface area contributed by atoms with E-state index in [1.165, 1.54) is 0 Å². The van der Waals surface area contributed by atoms with Gasteiger partial charge in [0, 0.05) is 42.3 Å². The van der Waals surface area contributed by atoms with E-state index in [1.54, 1.807) is 40.5 Å². The summed E-state index contributed by atoms with van der Waals surface area (Å²) in [5, 5.41) is 8.09. The molecule has 0 saturated carbocycles. The molecule has 5 aromatic rings. The zero-order chi connectivity index (χ0) is 24.5. The number of fused-ring (bicyclic) bond motifs is 1. The van der Waals surface area contributed by atoms with Gasteiger partial charge in [-0.25, -0.2) is 9.67 Å². The Morgan fingerprint density at radius 1 is 1.08 bits per heavy atom. The quantitative estimate of drug-likeness (QED) is 0.385. The van der Waals surface area contributed by atoms with Crippen molar-refractivity contribution in [2.45, 2.75) is 19.4 Å². The largest absolute Gasteiger partial charge is 0.467 e. The van der Waals surface area contributed by atoms with E-state index < -0.39 is 0 Å². The number of nitrogens with zero attached hydrogens (tertiary/aromatic N) is 5. The lowest BCUT2D eigenvalue weighted by atomic mass is 10.1. The molecule has 1 N–H and O–H groups in total. The maximum atomic E-state index is 13.5. The van der Waals surface area contributed by atoms with Gasteiger partial charge in [-0.3, -0.25) is 14.6 Å². The summed E-state index contributed by atoms with van der Waals surface area (Å²) in [4.78, 5) is 36.5. The first-order valence-corrected chi connectivity index (χ1v) is 11.7. The highest BCUT2D eigenvalue weighted by Gasteiger charge is 2.22. The standard InChI is InChI=1S/C27H22N6O3/c34-25-9-3-11-32(25)20-7-1-6-19(13-20)30-27(35)22-14-24(18-5-2-10-28-15-18)31-26-23(22)16-29-33(26)17-21-8-4-12-36-21/h1-2,4-8,10,12-16H,3,9,11,17H2,(H,30,35). The molecule has 0 bridgehead atoms. The van der Waals surface area contributed by atoms with Gasteiger partial charge in [-0.15, -0.1) is 0 Å². The molecule has 9 heteroatoms. The van der Waals surface area contributed by atoms with Crippen LogP contribution in [-0.2, 0) is 11.3 Å². The number of benzene rings is 1. The number of aromatic nitrogens is 4. The van der Waals surface area contributed by atoms with Gasteiger partial charge < -0.3 is 14.6 Å². The van der Waals surface area contributed by atoms with Crippen LogP contribution in [0.5, 0.6) is 0 Å². The molecule has 0 unspecified atom stereocenters. The summed E-state index contributed by atoms with van der Waals surface area (Å²) < 4.78 is 7.20. The second-order valence-corrected chi connectivity index (χ2v) is 8.57. The van der Waals surface area contributed by atoms with Crippen molar-refractivity contribution in [1.82, 2.24) is 19.7 Å². The first-order valence-electron chi connectivity index (χ1n) is 11.7. The minimum atomic E-state index is -0.296. The van der Waals surface area contributed by atoms with Gasteiger partial charge in [0.1, 0.15) is 12.3 Å². The molecular weight excluding hydrogens is 456 g/mol. The van der Waals surface area contributed by atoms with Crippen LogP contribution < -0.4 is 10.2 Å². The van der Waals surface area contributed by atoms with Crippen LogP contribution >= 0.6 is 0 Å². The van der Waals surface area contributed by atoms with Crippen LogP contribution in [0.4, 0.5) is 11.4 Å². The van der Waals surface area contributed by atoms with Crippen LogP contribution in [0.2, 0.25) is 0 Å². The smallest absolute Gasteiger partial charge is 0.256 e. The van der Waals surface area contributed by atoms with Crippen molar-refractivity contribution in [2.75, 3.05) is 16.8 Å². The lowest BCUT2D eigenvalue weighted by Crippen LogP contribution is -2.23. The van der Waals surface area contributed by atoms with E-state index in [-0.39, 0.29) is 11.8 Å². The summed E-state index contributed by atoms with van der Waals surface area (Å²) in [5.41, 5.74) is 3.78. The molecule has 1 aromatic carbocycles. The number of pyridine rings is 2. The Kier molecular flexibility index (Phi) is 5.49. The Hall–Kier alpha value is -4.79. The number of rotatable bonds is 6. The third-order valence-electron chi connectivity index (χ3n) is 6.19. The van der Waals surface area contributed by atoms with Gasteiger partial charge in [-0.2, -0.15) is 5.10 Å². The van der Waals surface area contributed by atoms with Crippen molar-refractivity contribution in [3.05, 3.63) is 90.8 Å². The van der Waals surface area contributed by atoms with Crippen LogP contribution in [0, 0.1) is 0 Å². The Morgan fingerprint density at radius 3 is 2.81 bits per heavy atom. The van der Waals surface area contributed by atoms with E-state index >= 15 is 0 Å². The van der Waals surface area contributed by atoms with Crippen LogP contribution in [0.25, 0.3) is 22.3 Å². The number of carbonyl (C=O) groups excluding carboxylic acids is 2. The molecule has 1 aliphatic rings. The molecule has 9 nitrogen and oxygen atoms in total. The van der Waals surface area contributed by atoms with E-state index in [0.717, 1.165) is 23.4 Å². The molecule has 5 heterocycles. The summed E-state index contributed by atoms with van der Waals surface area (Å²) in [7, 11) is 0. The third kappa shape index (κ3) is 4.11. The van der Waals surface area contributed by atoms with Gasteiger partial charge in [-0.05, 0) is 55.0 Å². The van der Waals surface area contributed by atoms with E-state index in [0.29, 0.717) is 47.5 Å². The fourth-order valence-corrected chi connectivity index (χ4v) is 4.43. The molecule has 4 aromatic heterocycles. The average Bonchev–Trinajstić information content (AvgIpc) is 3.66. The van der Waals surface area contributed by atoms with E-state index in [1.807, 2.05) is 48.5 Å². The number of hydrogen-bond donors (Lipinski definition) is 1. The Bertz CT molecular complexity index is 1560. The van der Waals surface area contributed by atoms with Gasteiger partial charge in [-0.1, -0.05) is 6.07 Å². The first kappa shape index (κ1) is 21.7. The van der Waals surface area contributed by atoms with Gasteiger partial charge in [0.25, 0.3) is 5.91 Å². The molecule has 0 aliphatic carbocycles. The second-order valence-electron chi connectivity index (χ2n) is 8.57. The van der Waals surface area contributed by atoms with Gasteiger partial charge in [0.05, 0.1) is 29.1 Å². The fourth-order valence-electron chi connectivity index (χ4n) is 4.43. The van der Waals surface area contributed by atoms with Crippen LogP contribution in [-0.4, -0.2) is 38.1 Å². The average molecular weight is 479 g/mol. The van der Waals surface area contributed by atoms with Crippen molar-refractivity contribution in [1.29, 1.82) is 0 Å². The third-order valence-corrected chi connectivity index (χ3v) is 6.19. The predicted octanol–water partition coefficient (Wildman–Crippen LogP) is 4.51. The molecule has 6 rings (SSSR count). The topological polar surface area (TPSA) is 106 Å². The highest BCUT2D eigenvalue weighted by atomic mass is 16.3. The summed E-state index contributed by atoms with van der Waals surface area (Å²) >= 11 is 0. The summed E-state index contributed by atoms with van der Waals surface area (Å²) in [6.07, 6.45) is 8.04. The van der Waals surface area contributed by atoms with E-state index in [4.69, 9.17) is 9.40 Å². The zero-order valence-electron chi connectivity index (χ0n) is 19.3. The van der Waals surface area contributed by atoms with Gasteiger partial charge in [0.2, 0.25) is 5.91 Å². The Labute approximate surface area is 206 Å². The summed E-state index contributed by atoms with van der Waals surface area (Å²) in [6, 6.07) is 16.5. The lowest BCUT2D eigenvalue weighted by Gasteiger charge is -2.17. The Balaban J connectivity index is 1.38. The lowest BCUT2D eigenvalue weighted by molar-refractivity contribution is -0.117. The number of anilines is 2. The molecule has 0 radical (unpaired) electrons. The number of carbonyl (C=O) groups is 2. The number of hydrogen-bond acceptors (Lipinski definition) is 6. The highest BCUT2D eigenvalue weighted by Crippen LogP contribution is 2.28. The maximum Gasteiger partial charge on any atom is 0.256 e. The normalized spacial score (nSPS) is 13.4. The molecule has 178 valence electrons.